The van der Waals surface area contributed by atoms with E-state index < -0.39 is 0 Å². The number of amides is 1. The van der Waals surface area contributed by atoms with Crippen LogP contribution in [0.5, 0.6) is 0 Å². The fourth-order valence-electron chi connectivity index (χ4n) is 2.68. The van der Waals surface area contributed by atoms with Crippen molar-refractivity contribution in [1.29, 1.82) is 0 Å². The van der Waals surface area contributed by atoms with Crippen molar-refractivity contribution in [2.75, 3.05) is 0 Å². The highest BCUT2D eigenvalue weighted by atomic mass is 16.3. The van der Waals surface area contributed by atoms with Crippen molar-refractivity contribution in [3.8, 4) is 0 Å². The highest BCUT2D eigenvalue weighted by Gasteiger charge is 2.12. The summed E-state index contributed by atoms with van der Waals surface area (Å²) in [6.07, 6.45) is 1.65. The topological polar surface area (TPSA) is 55.1 Å². The Balaban J connectivity index is 1.57. The third kappa shape index (κ3) is 2.55. The first kappa shape index (κ1) is 13.5. The number of carbonyl (C=O) groups excluding carboxylic acids is 1. The summed E-state index contributed by atoms with van der Waals surface area (Å²) in [5, 5.41) is 5.74. The first-order valence-electron chi connectivity index (χ1n) is 7.41. The standard InChI is InChI=1S/C19H14N2O2/c22-19(18-16-7-3-1-5-13(16)9-10-20-18)21-12-15-11-14-6-2-4-8-17(14)23-15/h1-11H,12H2,(H,21,22). The van der Waals surface area contributed by atoms with Gasteiger partial charge in [0.05, 0.1) is 6.54 Å². The summed E-state index contributed by atoms with van der Waals surface area (Å²) in [7, 11) is 0. The number of benzene rings is 2. The second-order valence-electron chi connectivity index (χ2n) is 5.31. The van der Waals surface area contributed by atoms with Crippen LogP contribution in [0.3, 0.4) is 0 Å². The predicted molar refractivity (Wildman–Crippen MR) is 89.1 cm³/mol. The molecule has 112 valence electrons. The zero-order chi connectivity index (χ0) is 15.6. The van der Waals surface area contributed by atoms with Crippen molar-refractivity contribution in [1.82, 2.24) is 10.3 Å². The first-order chi connectivity index (χ1) is 11.3. The van der Waals surface area contributed by atoms with E-state index in [1.165, 1.54) is 0 Å². The highest BCUT2D eigenvalue weighted by molar-refractivity contribution is 6.05. The van der Waals surface area contributed by atoms with Gasteiger partial charge in [-0.25, -0.2) is 0 Å². The van der Waals surface area contributed by atoms with E-state index in [9.17, 15) is 4.79 Å². The molecule has 2 aromatic heterocycles. The van der Waals surface area contributed by atoms with Gasteiger partial charge in [-0.15, -0.1) is 0 Å². The quantitative estimate of drug-likeness (QED) is 0.624. The van der Waals surface area contributed by atoms with Gasteiger partial charge in [-0.05, 0) is 23.6 Å². The van der Waals surface area contributed by atoms with E-state index >= 15 is 0 Å². The lowest BCUT2D eigenvalue weighted by Crippen LogP contribution is -2.23. The summed E-state index contributed by atoms with van der Waals surface area (Å²) in [6, 6.07) is 19.3. The second-order valence-corrected chi connectivity index (χ2v) is 5.31. The summed E-state index contributed by atoms with van der Waals surface area (Å²) in [5.41, 5.74) is 1.25. The number of nitrogens with zero attached hydrogens (tertiary/aromatic N) is 1. The Labute approximate surface area is 132 Å². The summed E-state index contributed by atoms with van der Waals surface area (Å²) < 4.78 is 5.71. The van der Waals surface area contributed by atoms with Gasteiger partial charge < -0.3 is 9.73 Å². The molecule has 23 heavy (non-hydrogen) atoms. The van der Waals surface area contributed by atoms with Gasteiger partial charge in [0.1, 0.15) is 17.0 Å². The average molecular weight is 302 g/mol. The second kappa shape index (κ2) is 5.57. The van der Waals surface area contributed by atoms with Crippen molar-refractivity contribution in [3.05, 3.63) is 78.3 Å². The largest absolute Gasteiger partial charge is 0.459 e. The number of nitrogens with one attached hydrogen (secondary N) is 1. The Morgan fingerprint density at radius 1 is 1.00 bits per heavy atom. The van der Waals surface area contributed by atoms with E-state index in [1.54, 1.807) is 6.20 Å². The average Bonchev–Trinajstić information content (AvgIpc) is 3.02. The molecule has 0 atom stereocenters. The monoisotopic (exact) mass is 302 g/mol. The minimum atomic E-state index is -0.206. The van der Waals surface area contributed by atoms with E-state index in [4.69, 9.17) is 4.42 Å². The Morgan fingerprint density at radius 2 is 1.78 bits per heavy atom. The normalized spacial score (nSPS) is 11.0. The molecule has 0 spiro atoms. The number of pyridine rings is 1. The SMILES string of the molecule is O=C(NCc1cc2ccccc2o1)c1nccc2ccccc12. The smallest absolute Gasteiger partial charge is 0.270 e. The van der Waals surface area contributed by atoms with Gasteiger partial charge >= 0.3 is 0 Å². The molecule has 0 aliphatic rings. The van der Waals surface area contributed by atoms with Crippen LogP contribution in [0.15, 0.2) is 71.3 Å². The van der Waals surface area contributed by atoms with Crippen LogP contribution in [0.4, 0.5) is 0 Å². The minimum Gasteiger partial charge on any atom is -0.459 e. The molecule has 4 heteroatoms. The van der Waals surface area contributed by atoms with E-state index in [-0.39, 0.29) is 5.91 Å². The number of rotatable bonds is 3. The number of aromatic nitrogens is 1. The molecule has 4 nitrogen and oxygen atoms in total. The molecule has 2 heterocycles. The zero-order valence-corrected chi connectivity index (χ0v) is 12.3. The van der Waals surface area contributed by atoms with Crippen LogP contribution < -0.4 is 5.32 Å². The van der Waals surface area contributed by atoms with E-state index in [0.29, 0.717) is 12.2 Å². The lowest BCUT2D eigenvalue weighted by molar-refractivity contribution is 0.0945. The number of fused-ring (bicyclic) bond motifs is 2. The van der Waals surface area contributed by atoms with E-state index in [0.717, 1.165) is 27.5 Å². The highest BCUT2D eigenvalue weighted by Crippen LogP contribution is 2.19. The van der Waals surface area contributed by atoms with Crippen LogP contribution in [-0.4, -0.2) is 10.9 Å². The Hall–Kier alpha value is -3.14. The molecule has 0 radical (unpaired) electrons. The molecule has 0 aliphatic carbocycles. The maximum Gasteiger partial charge on any atom is 0.270 e. The Kier molecular flexibility index (Phi) is 3.27. The summed E-state index contributed by atoms with van der Waals surface area (Å²) in [4.78, 5) is 16.7. The van der Waals surface area contributed by atoms with Crippen molar-refractivity contribution in [3.63, 3.8) is 0 Å². The fourth-order valence-corrected chi connectivity index (χ4v) is 2.68. The molecular formula is C19H14N2O2. The lowest BCUT2D eigenvalue weighted by atomic mass is 10.1. The van der Waals surface area contributed by atoms with Gasteiger partial charge in [0.15, 0.2) is 0 Å². The summed E-state index contributed by atoms with van der Waals surface area (Å²) in [5.74, 6) is 0.516. The lowest BCUT2D eigenvalue weighted by Gasteiger charge is -2.05. The number of carbonyl (C=O) groups is 1. The van der Waals surface area contributed by atoms with Crippen LogP contribution in [-0.2, 0) is 6.54 Å². The van der Waals surface area contributed by atoms with Gasteiger partial charge in [0.25, 0.3) is 5.91 Å². The molecule has 0 bridgehead atoms. The molecule has 4 aromatic rings. The first-order valence-corrected chi connectivity index (χ1v) is 7.41. The maximum absolute atomic E-state index is 12.4. The number of furan rings is 1. The van der Waals surface area contributed by atoms with Crippen LogP contribution in [0, 0.1) is 0 Å². The molecule has 1 N–H and O–H groups in total. The molecule has 4 rings (SSSR count). The summed E-state index contributed by atoms with van der Waals surface area (Å²) >= 11 is 0. The fraction of sp³-hybridized carbons (Fsp3) is 0.0526. The molecule has 2 aromatic carbocycles. The van der Waals surface area contributed by atoms with Crippen molar-refractivity contribution in [2.45, 2.75) is 6.54 Å². The Bertz CT molecular complexity index is 966. The molecule has 0 aliphatic heterocycles. The van der Waals surface area contributed by atoms with Crippen molar-refractivity contribution >= 4 is 27.6 Å². The molecule has 1 amide bonds. The third-order valence-corrected chi connectivity index (χ3v) is 3.79. The Morgan fingerprint density at radius 3 is 2.65 bits per heavy atom. The van der Waals surface area contributed by atoms with Crippen molar-refractivity contribution in [2.24, 2.45) is 0 Å². The van der Waals surface area contributed by atoms with Gasteiger partial charge in [0.2, 0.25) is 0 Å². The number of para-hydroxylation sites is 1. The van der Waals surface area contributed by atoms with Gasteiger partial charge in [0, 0.05) is 17.0 Å². The van der Waals surface area contributed by atoms with Crippen LogP contribution >= 0.6 is 0 Å². The van der Waals surface area contributed by atoms with E-state index in [2.05, 4.69) is 10.3 Å². The van der Waals surface area contributed by atoms with Crippen molar-refractivity contribution < 1.29 is 9.21 Å². The van der Waals surface area contributed by atoms with Gasteiger partial charge in [-0.1, -0.05) is 42.5 Å². The van der Waals surface area contributed by atoms with Crippen LogP contribution in [0.2, 0.25) is 0 Å². The maximum atomic E-state index is 12.4. The number of hydrogen-bond donors (Lipinski definition) is 1. The predicted octanol–water partition coefficient (Wildman–Crippen LogP) is 3.91. The number of hydrogen-bond acceptors (Lipinski definition) is 3. The van der Waals surface area contributed by atoms with E-state index in [1.807, 2.05) is 60.7 Å². The molecule has 0 unspecified atom stereocenters. The molecule has 0 fully saturated rings. The van der Waals surface area contributed by atoms with Gasteiger partial charge in [-0.3, -0.25) is 9.78 Å². The van der Waals surface area contributed by atoms with Crippen LogP contribution in [0.25, 0.3) is 21.7 Å². The summed E-state index contributed by atoms with van der Waals surface area (Å²) in [6.45, 7) is 0.332. The molecule has 0 saturated heterocycles. The molecule has 0 saturated carbocycles. The van der Waals surface area contributed by atoms with Gasteiger partial charge in [-0.2, -0.15) is 0 Å². The van der Waals surface area contributed by atoms with Crippen LogP contribution in [0.1, 0.15) is 16.2 Å². The molecular weight excluding hydrogens is 288 g/mol. The third-order valence-electron chi connectivity index (χ3n) is 3.79. The zero-order valence-electron chi connectivity index (χ0n) is 12.3. The minimum absolute atomic E-state index is 0.206.